The van der Waals surface area contributed by atoms with E-state index in [0.717, 1.165) is 11.1 Å². The largest absolute Gasteiger partial charge is 0.362 e. The summed E-state index contributed by atoms with van der Waals surface area (Å²) in [5, 5.41) is 0. The van der Waals surface area contributed by atoms with E-state index in [1.165, 1.54) is 0 Å². The smallest absolute Gasteiger partial charge is 0.261 e. The van der Waals surface area contributed by atoms with Crippen molar-refractivity contribution in [1.29, 1.82) is 0 Å². The summed E-state index contributed by atoms with van der Waals surface area (Å²) in [5.74, 6) is 6.14. The fourth-order valence-corrected chi connectivity index (χ4v) is 3.19. The Labute approximate surface area is 148 Å². The van der Waals surface area contributed by atoms with Crippen LogP contribution >= 0.6 is 0 Å². The van der Waals surface area contributed by atoms with E-state index in [2.05, 4.69) is 16.8 Å². The maximum Gasteiger partial charge on any atom is 0.261 e. The molecule has 0 N–H and O–H groups in total. The maximum absolute atomic E-state index is 12.8. The number of aromatic nitrogens is 1. The monoisotopic (exact) mass is 334 g/mol. The molecular formula is C21H22N2O2. The molecule has 1 saturated heterocycles. The van der Waals surface area contributed by atoms with Crippen LogP contribution in [0.1, 0.15) is 37.1 Å². The number of pyridine rings is 1. The SMILES string of the molecule is COC1(c2ccc(C#Cc3ccccc3)cn2)CC(C)(C)N(C)C1=O. The van der Waals surface area contributed by atoms with Crippen molar-refractivity contribution in [2.75, 3.05) is 14.2 Å². The molecule has 1 fully saturated rings. The summed E-state index contributed by atoms with van der Waals surface area (Å²) in [6, 6.07) is 13.5. The third-order valence-corrected chi connectivity index (χ3v) is 4.89. The van der Waals surface area contributed by atoms with Crippen LogP contribution in [-0.4, -0.2) is 35.5 Å². The van der Waals surface area contributed by atoms with Crippen LogP contribution in [0.4, 0.5) is 0 Å². The summed E-state index contributed by atoms with van der Waals surface area (Å²) in [4.78, 5) is 19.0. The van der Waals surface area contributed by atoms with Gasteiger partial charge >= 0.3 is 0 Å². The average molecular weight is 334 g/mol. The van der Waals surface area contributed by atoms with Crippen LogP contribution < -0.4 is 0 Å². The first-order chi connectivity index (χ1) is 11.9. The van der Waals surface area contributed by atoms with Crippen molar-refractivity contribution in [3.8, 4) is 11.8 Å². The molecule has 3 rings (SSSR count). The number of amides is 1. The molecule has 25 heavy (non-hydrogen) atoms. The number of methoxy groups -OCH3 is 1. The number of nitrogens with zero attached hydrogens (tertiary/aromatic N) is 2. The van der Waals surface area contributed by atoms with Gasteiger partial charge in [-0.1, -0.05) is 30.0 Å². The second kappa shape index (κ2) is 6.34. The van der Waals surface area contributed by atoms with Crippen molar-refractivity contribution >= 4 is 5.91 Å². The summed E-state index contributed by atoms with van der Waals surface area (Å²) in [5.41, 5.74) is 1.08. The fourth-order valence-electron chi connectivity index (χ4n) is 3.19. The Hall–Kier alpha value is -2.64. The molecule has 1 aliphatic rings. The van der Waals surface area contributed by atoms with E-state index < -0.39 is 5.60 Å². The van der Waals surface area contributed by atoms with Gasteiger partial charge in [0.1, 0.15) is 0 Å². The molecule has 1 atom stereocenters. The van der Waals surface area contributed by atoms with Crippen molar-refractivity contribution in [3.63, 3.8) is 0 Å². The molecular weight excluding hydrogens is 312 g/mol. The van der Waals surface area contributed by atoms with Gasteiger partial charge in [0.15, 0.2) is 5.60 Å². The second-order valence-electron chi connectivity index (χ2n) is 6.93. The number of rotatable bonds is 2. The van der Waals surface area contributed by atoms with Crippen molar-refractivity contribution in [3.05, 3.63) is 65.5 Å². The molecule has 4 nitrogen and oxygen atoms in total. The van der Waals surface area contributed by atoms with Crippen LogP contribution in [0, 0.1) is 11.8 Å². The lowest BCUT2D eigenvalue weighted by molar-refractivity contribution is -0.147. The third-order valence-electron chi connectivity index (χ3n) is 4.89. The molecule has 1 amide bonds. The predicted molar refractivity (Wildman–Crippen MR) is 96.8 cm³/mol. The number of hydrogen-bond donors (Lipinski definition) is 0. The van der Waals surface area contributed by atoms with Gasteiger partial charge in [-0.05, 0) is 38.1 Å². The Morgan fingerprint density at radius 2 is 1.76 bits per heavy atom. The molecule has 0 bridgehead atoms. The van der Waals surface area contributed by atoms with Gasteiger partial charge < -0.3 is 9.64 Å². The van der Waals surface area contributed by atoms with Crippen LogP contribution in [0.25, 0.3) is 0 Å². The molecule has 2 heterocycles. The highest BCUT2D eigenvalue weighted by molar-refractivity contribution is 5.89. The van der Waals surface area contributed by atoms with Crippen LogP contribution in [-0.2, 0) is 15.1 Å². The Balaban J connectivity index is 1.90. The number of carbonyl (C=O) groups is 1. The lowest BCUT2D eigenvalue weighted by Gasteiger charge is -2.26. The highest BCUT2D eigenvalue weighted by Crippen LogP contribution is 2.43. The van der Waals surface area contributed by atoms with E-state index in [0.29, 0.717) is 12.1 Å². The van der Waals surface area contributed by atoms with Crippen LogP contribution in [0.15, 0.2) is 48.7 Å². The normalized spacial score (nSPS) is 21.8. The summed E-state index contributed by atoms with van der Waals surface area (Å²) in [6.07, 6.45) is 2.26. The van der Waals surface area contributed by atoms with E-state index >= 15 is 0 Å². The molecule has 0 spiro atoms. The number of hydrogen-bond acceptors (Lipinski definition) is 3. The zero-order valence-electron chi connectivity index (χ0n) is 15.0. The van der Waals surface area contributed by atoms with E-state index in [4.69, 9.17) is 4.74 Å². The van der Waals surface area contributed by atoms with E-state index in [1.807, 2.05) is 63.4 Å². The zero-order chi connectivity index (χ0) is 18.1. The minimum atomic E-state index is -1.02. The molecule has 1 aromatic carbocycles. The topological polar surface area (TPSA) is 42.4 Å². The van der Waals surface area contributed by atoms with Crippen molar-refractivity contribution in [2.24, 2.45) is 0 Å². The highest BCUT2D eigenvalue weighted by atomic mass is 16.5. The van der Waals surface area contributed by atoms with Crippen molar-refractivity contribution in [2.45, 2.75) is 31.4 Å². The second-order valence-corrected chi connectivity index (χ2v) is 6.93. The summed E-state index contributed by atoms with van der Waals surface area (Å²) >= 11 is 0. The van der Waals surface area contributed by atoms with Crippen LogP contribution in [0.3, 0.4) is 0 Å². The fraction of sp³-hybridized carbons (Fsp3) is 0.333. The maximum atomic E-state index is 12.8. The van der Waals surface area contributed by atoms with E-state index in [-0.39, 0.29) is 11.4 Å². The molecule has 0 saturated carbocycles. The first kappa shape index (κ1) is 17.2. The zero-order valence-corrected chi connectivity index (χ0v) is 15.0. The molecule has 0 radical (unpaired) electrons. The molecule has 0 aliphatic carbocycles. The lowest BCUT2D eigenvalue weighted by Crippen LogP contribution is -2.40. The van der Waals surface area contributed by atoms with Gasteiger partial charge in [-0.2, -0.15) is 0 Å². The Kier molecular flexibility index (Phi) is 4.36. The van der Waals surface area contributed by atoms with Gasteiger partial charge in [0.25, 0.3) is 5.91 Å². The Bertz CT molecular complexity index is 832. The molecule has 1 aromatic heterocycles. The van der Waals surface area contributed by atoms with Gasteiger partial charge in [0, 0.05) is 43.4 Å². The van der Waals surface area contributed by atoms with E-state index in [9.17, 15) is 4.79 Å². The van der Waals surface area contributed by atoms with Crippen LogP contribution in [0.2, 0.25) is 0 Å². The Morgan fingerprint density at radius 1 is 1.08 bits per heavy atom. The Morgan fingerprint density at radius 3 is 2.28 bits per heavy atom. The predicted octanol–water partition coefficient (Wildman–Crippen LogP) is 2.96. The lowest BCUT2D eigenvalue weighted by atomic mass is 9.89. The van der Waals surface area contributed by atoms with Crippen LogP contribution in [0.5, 0.6) is 0 Å². The van der Waals surface area contributed by atoms with E-state index in [1.54, 1.807) is 18.2 Å². The average Bonchev–Trinajstić information content (AvgIpc) is 2.82. The van der Waals surface area contributed by atoms with Gasteiger partial charge in [-0.25, -0.2) is 0 Å². The van der Waals surface area contributed by atoms with Gasteiger partial charge in [-0.3, -0.25) is 9.78 Å². The molecule has 4 heteroatoms. The highest BCUT2D eigenvalue weighted by Gasteiger charge is 2.56. The molecule has 2 aromatic rings. The number of likely N-dealkylation sites (N-methyl/N-ethyl adjacent to an activating group) is 1. The number of likely N-dealkylation sites (tertiary alicyclic amines) is 1. The summed E-state index contributed by atoms with van der Waals surface area (Å²) in [7, 11) is 3.38. The quantitative estimate of drug-likeness (QED) is 0.793. The van der Waals surface area contributed by atoms with Gasteiger partial charge in [0.2, 0.25) is 0 Å². The third kappa shape index (κ3) is 3.04. The summed E-state index contributed by atoms with van der Waals surface area (Å²) in [6.45, 7) is 4.07. The van der Waals surface area contributed by atoms with Crippen molar-refractivity contribution in [1.82, 2.24) is 9.88 Å². The number of carbonyl (C=O) groups excluding carboxylic acids is 1. The van der Waals surface area contributed by atoms with Gasteiger partial charge in [-0.15, -0.1) is 0 Å². The standard InChI is InChI=1S/C21H22N2O2/c1-20(2)15-21(25-4,19(24)23(20)3)18-13-12-17(14-22-18)11-10-16-8-6-5-7-9-16/h5-9,12-14H,15H2,1-4H3. The van der Waals surface area contributed by atoms with Crippen molar-refractivity contribution < 1.29 is 9.53 Å². The molecule has 128 valence electrons. The number of ether oxygens (including phenoxy) is 1. The summed E-state index contributed by atoms with van der Waals surface area (Å²) < 4.78 is 5.68. The van der Waals surface area contributed by atoms with Gasteiger partial charge in [0.05, 0.1) is 5.69 Å². The first-order valence-corrected chi connectivity index (χ1v) is 8.26. The first-order valence-electron chi connectivity index (χ1n) is 8.26. The molecule has 1 unspecified atom stereocenters. The number of benzene rings is 1. The minimum Gasteiger partial charge on any atom is -0.362 e. The minimum absolute atomic E-state index is 0.0596. The molecule has 1 aliphatic heterocycles.